The first kappa shape index (κ1) is 15.5. The molecule has 1 N–H and O–H groups in total. The molecule has 0 aromatic carbocycles. The maximum atomic E-state index is 11.8. The molecule has 0 saturated heterocycles. The molecule has 1 aliphatic heterocycles. The Bertz CT molecular complexity index is 437. The Hall–Kier alpha value is -1.53. The average Bonchev–Trinajstić information content (AvgIpc) is 2.98. The van der Waals surface area contributed by atoms with Gasteiger partial charge in [-0.1, -0.05) is 25.6 Å². The second-order valence-corrected chi connectivity index (χ2v) is 4.43. The van der Waals surface area contributed by atoms with Crippen molar-refractivity contribution in [2.45, 2.75) is 19.2 Å². The summed E-state index contributed by atoms with van der Waals surface area (Å²) in [7, 11) is 3.06. The zero-order chi connectivity index (χ0) is 14.3. The molecule has 1 unspecified atom stereocenters. The maximum absolute atomic E-state index is 11.8. The Kier molecular flexibility index (Phi) is 6.38. The molecule has 0 saturated carbocycles. The number of carbonyl (C=O) groups is 1. The number of hydrogen-bond donors (Lipinski definition) is 1. The van der Waals surface area contributed by atoms with E-state index in [2.05, 4.69) is 10.3 Å². The van der Waals surface area contributed by atoms with Crippen LogP contribution in [0.25, 0.3) is 5.70 Å². The molecule has 1 aromatic heterocycles. The molecular formula is C13H19N3O2S. The fraction of sp³-hybridized carbons (Fsp3) is 0.385. The van der Waals surface area contributed by atoms with E-state index in [1.807, 2.05) is 31.4 Å². The van der Waals surface area contributed by atoms with Crippen molar-refractivity contribution >= 4 is 23.4 Å². The first-order valence-corrected chi connectivity index (χ1v) is 7.01. The normalized spacial score (nSPS) is 16.8. The van der Waals surface area contributed by atoms with E-state index in [1.54, 1.807) is 19.4 Å². The molecule has 0 bridgehead atoms. The van der Waals surface area contributed by atoms with E-state index >= 15 is 0 Å². The average molecular weight is 281 g/mol. The third-order valence-corrected chi connectivity index (χ3v) is 3.37. The van der Waals surface area contributed by atoms with Crippen molar-refractivity contribution in [3.05, 3.63) is 35.5 Å². The standard InChI is InChI=1S/C11H13N3O2S.C2H6/c1-14(16-2)11(15)10-13-9(7-17-10)8-3-5-12-6-4-8;1-2/h3-7,10,13H,1-2H3;1-2H3. The molecule has 1 aliphatic rings. The largest absolute Gasteiger partial charge is 0.364 e. The molecule has 6 heteroatoms. The minimum Gasteiger partial charge on any atom is -0.364 e. The van der Waals surface area contributed by atoms with Crippen LogP contribution >= 0.6 is 11.8 Å². The molecule has 0 spiro atoms. The Labute approximate surface area is 118 Å². The van der Waals surface area contributed by atoms with Crippen molar-refractivity contribution in [2.75, 3.05) is 14.2 Å². The van der Waals surface area contributed by atoms with E-state index in [1.165, 1.54) is 23.9 Å². The molecule has 1 amide bonds. The number of hydroxylamine groups is 2. The summed E-state index contributed by atoms with van der Waals surface area (Å²) in [5.74, 6) is -0.113. The Morgan fingerprint density at radius 2 is 2.05 bits per heavy atom. The van der Waals surface area contributed by atoms with Crippen molar-refractivity contribution in [1.82, 2.24) is 15.4 Å². The van der Waals surface area contributed by atoms with Gasteiger partial charge in [-0.3, -0.25) is 14.6 Å². The third kappa shape index (κ3) is 3.97. The van der Waals surface area contributed by atoms with Crippen LogP contribution in [0.1, 0.15) is 19.4 Å². The van der Waals surface area contributed by atoms with Crippen molar-refractivity contribution in [3.8, 4) is 0 Å². The number of pyridine rings is 1. The number of likely N-dealkylation sites (N-methyl/N-ethyl adjacent to an activating group) is 1. The molecule has 2 rings (SSSR count). The van der Waals surface area contributed by atoms with Crippen LogP contribution in [-0.2, 0) is 9.63 Å². The lowest BCUT2D eigenvalue weighted by Gasteiger charge is -2.18. The van der Waals surface area contributed by atoms with E-state index in [9.17, 15) is 4.79 Å². The number of hydrogen-bond acceptors (Lipinski definition) is 5. The summed E-state index contributed by atoms with van der Waals surface area (Å²) in [6.07, 6.45) is 3.44. The second-order valence-electron chi connectivity index (χ2n) is 3.45. The lowest BCUT2D eigenvalue weighted by Crippen LogP contribution is -2.39. The fourth-order valence-corrected chi connectivity index (χ4v) is 2.34. The Morgan fingerprint density at radius 1 is 1.42 bits per heavy atom. The van der Waals surface area contributed by atoms with Gasteiger partial charge in [0.15, 0.2) is 5.37 Å². The minimum absolute atomic E-state index is 0.113. The quantitative estimate of drug-likeness (QED) is 0.860. The summed E-state index contributed by atoms with van der Waals surface area (Å²) >= 11 is 1.43. The predicted molar refractivity (Wildman–Crippen MR) is 77.9 cm³/mol. The van der Waals surface area contributed by atoms with Gasteiger partial charge >= 0.3 is 0 Å². The lowest BCUT2D eigenvalue weighted by atomic mass is 10.2. The van der Waals surface area contributed by atoms with Gasteiger partial charge in [0.2, 0.25) is 0 Å². The van der Waals surface area contributed by atoms with Crippen LogP contribution in [0.3, 0.4) is 0 Å². The highest BCUT2D eigenvalue weighted by molar-refractivity contribution is 8.03. The van der Waals surface area contributed by atoms with Gasteiger partial charge in [-0.2, -0.15) is 0 Å². The molecular weight excluding hydrogens is 262 g/mol. The zero-order valence-corrected chi connectivity index (χ0v) is 12.4. The SMILES string of the molecule is CC.CON(C)C(=O)C1NC(c2ccncc2)=CS1. The van der Waals surface area contributed by atoms with Crippen LogP contribution in [0.4, 0.5) is 0 Å². The van der Waals surface area contributed by atoms with Gasteiger partial charge in [0.25, 0.3) is 5.91 Å². The number of rotatable bonds is 3. The number of thioether (sulfide) groups is 1. The van der Waals surface area contributed by atoms with Crippen molar-refractivity contribution in [3.63, 3.8) is 0 Å². The lowest BCUT2D eigenvalue weighted by molar-refractivity contribution is -0.168. The van der Waals surface area contributed by atoms with E-state index in [0.29, 0.717) is 0 Å². The zero-order valence-electron chi connectivity index (χ0n) is 11.6. The van der Waals surface area contributed by atoms with Gasteiger partial charge in [-0.15, -0.1) is 0 Å². The van der Waals surface area contributed by atoms with Gasteiger partial charge < -0.3 is 5.32 Å². The van der Waals surface area contributed by atoms with Crippen LogP contribution < -0.4 is 5.32 Å². The molecule has 2 heterocycles. The van der Waals surface area contributed by atoms with Crippen LogP contribution in [0.5, 0.6) is 0 Å². The second kappa shape index (κ2) is 7.81. The highest BCUT2D eigenvalue weighted by atomic mass is 32.2. The summed E-state index contributed by atoms with van der Waals surface area (Å²) in [4.78, 5) is 20.6. The predicted octanol–water partition coefficient (Wildman–Crippen LogP) is 2.09. The summed E-state index contributed by atoms with van der Waals surface area (Å²) < 4.78 is 0. The summed E-state index contributed by atoms with van der Waals surface area (Å²) in [6.45, 7) is 4.00. The fourth-order valence-electron chi connectivity index (χ4n) is 1.40. The van der Waals surface area contributed by atoms with Crippen molar-refractivity contribution < 1.29 is 9.63 Å². The summed E-state index contributed by atoms with van der Waals surface area (Å²) in [5.41, 5.74) is 1.95. The Balaban J connectivity index is 0.000000861. The third-order valence-electron chi connectivity index (χ3n) is 2.41. The molecule has 1 aromatic rings. The molecule has 0 fully saturated rings. The summed E-state index contributed by atoms with van der Waals surface area (Å²) in [5, 5.41) is 5.97. The van der Waals surface area contributed by atoms with Crippen LogP contribution in [-0.4, -0.2) is 35.5 Å². The van der Waals surface area contributed by atoms with E-state index in [-0.39, 0.29) is 11.3 Å². The first-order chi connectivity index (χ1) is 9.22. The van der Waals surface area contributed by atoms with Crippen LogP contribution in [0.2, 0.25) is 0 Å². The number of carbonyl (C=O) groups excluding carboxylic acids is 1. The first-order valence-electron chi connectivity index (χ1n) is 6.06. The van der Waals surface area contributed by atoms with Crippen LogP contribution in [0, 0.1) is 0 Å². The number of nitrogens with one attached hydrogen (secondary N) is 1. The molecule has 5 nitrogen and oxygen atoms in total. The molecule has 104 valence electrons. The molecule has 0 aliphatic carbocycles. The van der Waals surface area contributed by atoms with Gasteiger partial charge in [-0.05, 0) is 17.5 Å². The van der Waals surface area contributed by atoms with Crippen molar-refractivity contribution in [2.24, 2.45) is 0 Å². The maximum Gasteiger partial charge on any atom is 0.279 e. The molecule has 1 atom stereocenters. The van der Waals surface area contributed by atoms with Crippen molar-refractivity contribution in [1.29, 1.82) is 0 Å². The van der Waals surface area contributed by atoms with Gasteiger partial charge in [0.05, 0.1) is 7.11 Å². The Morgan fingerprint density at radius 3 is 2.63 bits per heavy atom. The number of nitrogens with zero attached hydrogens (tertiary/aromatic N) is 2. The highest BCUT2D eigenvalue weighted by Crippen LogP contribution is 2.27. The highest BCUT2D eigenvalue weighted by Gasteiger charge is 2.27. The van der Waals surface area contributed by atoms with Crippen LogP contribution in [0.15, 0.2) is 29.9 Å². The molecule has 19 heavy (non-hydrogen) atoms. The number of aromatic nitrogens is 1. The van der Waals surface area contributed by atoms with E-state index < -0.39 is 0 Å². The topological polar surface area (TPSA) is 54.5 Å². The monoisotopic (exact) mass is 281 g/mol. The van der Waals surface area contributed by atoms with E-state index in [0.717, 1.165) is 11.3 Å². The van der Waals surface area contributed by atoms with Gasteiger partial charge in [-0.25, -0.2) is 5.06 Å². The smallest absolute Gasteiger partial charge is 0.279 e. The summed E-state index contributed by atoms with van der Waals surface area (Å²) in [6, 6.07) is 3.79. The molecule has 0 radical (unpaired) electrons. The van der Waals surface area contributed by atoms with Gasteiger partial charge in [0, 0.05) is 30.7 Å². The number of amides is 1. The minimum atomic E-state index is -0.330. The van der Waals surface area contributed by atoms with Gasteiger partial charge in [0.1, 0.15) is 0 Å². The van der Waals surface area contributed by atoms with E-state index in [4.69, 9.17) is 4.84 Å².